The van der Waals surface area contributed by atoms with Gasteiger partial charge in [-0.15, -0.1) is 0 Å². The van der Waals surface area contributed by atoms with Gasteiger partial charge in [0.15, 0.2) is 12.4 Å². The van der Waals surface area contributed by atoms with Gasteiger partial charge in [0.1, 0.15) is 31.0 Å². The number of ether oxygens (including phenoxy) is 4. The van der Waals surface area contributed by atoms with Crippen LogP contribution >= 0.6 is 0 Å². The van der Waals surface area contributed by atoms with Gasteiger partial charge < -0.3 is 39.4 Å². The monoisotopic (exact) mass is 775 g/mol. The van der Waals surface area contributed by atoms with Gasteiger partial charge in [0.2, 0.25) is 0 Å². The molecule has 4 N–H and O–H groups in total. The van der Waals surface area contributed by atoms with E-state index in [0.717, 1.165) is 103 Å². The number of allylic oxidation sites excluding steroid dienone is 12. The SMILES string of the molecule is CCC=CCC=CCC=CCCCCCCCC(=O)OCC(CO[C@@H]1OC(CO)[C@H](O)[C@@H](O)C1O)OC(=O)CCCCCCCC=CCC=CCC=CCC. The van der Waals surface area contributed by atoms with Gasteiger partial charge in [0, 0.05) is 12.8 Å². The lowest BCUT2D eigenvalue weighted by Crippen LogP contribution is -2.59. The van der Waals surface area contributed by atoms with Crippen LogP contribution in [0.15, 0.2) is 72.9 Å². The Kier molecular flexibility index (Phi) is 32.4. The first-order chi connectivity index (χ1) is 26.8. The maximum Gasteiger partial charge on any atom is 0.306 e. The lowest BCUT2D eigenvalue weighted by Gasteiger charge is -2.39. The Hall–Kier alpha value is -2.86. The van der Waals surface area contributed by atoms with Crippen LogP contribution in [0.2, 0.25) is 0 Å². The molecule has 3 unspecified atom stereocenters. The van der Waals surface area contributed by atoms with Crippen LogP contribution in [0.3, 0.4) is 0 Å². The van der Waals surface area contributed by atoms with Crippen molar-refractivity contribution < 1.29 is 49.0 Å². The lowest BCUT2D eigenvalue weighted by molar-refractivity contribution is -0.305. The number of esters is 2. The second kappa shape index (κ2) is 35.5. The van der Waals surface area contributed by atoms with Crippen LogP contribution in [0.25, 0.3) is 0 Å². The molecule has 55 heavy (non-hydrogen) atoms. The molecular weight excluding hydrogens is 700 g/mol. The third-order valence-electron chi connectivity index (χ3n) is 9.09. The molecule has 1 fully saturated rings. The zero-order valence-corrected chi connectivity index (χ0v) is 33.9. The fourth-order valence-electron chi connectivity index (χ4n) is 5.80. The van der Waals surface area contributed by atoms with E-state index >= 15 is 0 Å². The molecule has 0 amide bonds. The van der Waals surface area contributed by atoms with E-state index in [4.69, 9.17) is 18.9 Å². The van der Waals surface area contributed by atoms with Gasteiger partial charge in [-0.25, -0.2) is 0 Å². The number of rotatable bonds is 33. The number of carbonyl (C=O) groups excluding carboxylic acids is 2. The summed E-state index contributed by atoms with van der Waals surface area (Å²) < 4.78 is 22.1. The second-order valence-corrected chi connectivity index (χ2v) is 14.0. The number of aliphatic hydroxyl groups is 4. The number of unbranched alkanes of at least 4 members (excludes halogenated alkanes) is 10. The second-order valence-electron chi connectivity index (χ2n) is 14.0. The Morgan fingerprint density at radius 1 is 0.564 bits per heavy atom. The van der Waals surface area contributed by atoms with E-state index in [0.29, 0.717) is 12.8 Å². The molecule has 0 radical (unpaired) electrons. The van der Waals surface area contributed by atoms with Crippen molar-refractivity contribution in [2.75, 3.05) is 19.8 Å². The molecule has 0 spiro atoms. The van der Waals surface area contributed by atoms with E-state index < -0.39 is 55.4 Å². The first-order valence-electron chi connectivity index (χ1n) is 21.0. The van der Waals surface area contributed by atoms with E-state index in [2.05, 4.69) is 86.8 Å². The molecule has 1 rings (SSSR count). The predicted molar refractivity (Wildman–Crippen MR) is 219 cm³/mol. The fourth-order valence-corrected chi connectivity index (χ4v) is 5.80. The van der Waals surface area contributed by atoms with E-state index in [1.54, 1.807) is 0 Å². The molecule has 0 aromatic carbocycles. The molecule has 6 atom stereocenters. The van der Waals surface area contributed by atoms with Gasteiger partial charge in [-0.05, 0) is 77.0 Å². The molecule has 1 saturated heterocycles. The van der Waals surface area contributed by atoms with Gasteiger partial charge in [-0.3, -0.25) is 9.59 Å². The standard InChI is InChI=1S/C45H74O10/c1-3-5-7-9-11-13-15-17-19-21-23-25-27-29-31-33-40(47)52-36-38(37-53-45-44(51)43(50)42(49)39(35-46)55-45)54-41(48)34-32-30-28-26-24-22-20-18-16-14-12-10-8-6-4-2/h5-8,11-14,17-20,38-39,42-46,49-51H,3-4,9-10,15-16,21-37H2,1-2H3/t38?,39?,42-,43+,44?,45+/m0/s1. The summed E-state index contributed by atoms with van der Waals surface area (Å²) in [5, 5.41) is 40.0. The van der Waals surface area contributed by atoms with E-state index in [-0.39, 0.29) is 26.1 Å². The first kappa shape index (κ1) is 50.2. The fraction of sp³-hybridized carbons (Fsp3) is 0.689. The van der Waals surface area contributed by atoms with Crippen LogP contribution in [-0.4, -0.2) is 89.0 Å². The van der Waals surface area contributed by atoms with Gasteiger partial charge in [0.05, 0.1) is 13.2 Å². The molecule has 0 aromatic heterocycles. The number of hydrogen-bond acceptors (Lipinski definition) is 10. The van der Waals surface area contributed by atoms with Crippen molar-refractivity contribution in [3.63, 3.8) is 0 Å². The summed E-state index contributed by atoms with van der Waals surface area (Å²) in [5.74, 6) is -0.855. The van der Waals surface area contributed by atoms with Crippen molar-refractivity contribution in [1.29, 1.82) is 0 Å². The van der Waals surface area contributed by atoms with E-state index in [1.807, 2.05) is 0 Å². The highest BCUT2D eigenvalue weighted by atomic mass is 16.7. The van der Waals surface area contributed by atoms with Gasteiger partial charge in [-0.1, -0.05) is 125 Å². The molecule has 314 valence electrons. The van der Waals surface area contributed by atoms with Crippen LogP contribution in [0.5, 0.6) is 0 Å². The minimum absolute atomic E-state index is 0.202. The highest BCUT2D eigenvalue weighted by Crippen LogP contribution is 2.22. The normalized spacial score (nSPS) is 21.3. The third kappa shape index (κ3) is 27.4. The lowest BCUT2D eigenvalue weighted by atomic mass is 9.99. The molecule has 0 aliphatic carbocycles. The average molecular weight is 775 g/mol. The Balaban J connectivity index is 2.39. The van der Waals surface area contributed by atoms with Crippen molar-refractivity contribution in [2.24, 2.45) is 0 Å². The Labute approximate surface area is 332 Å². The van der Waals surface area contributed by atoms with Crippen LogP contribution in [0, 0.1) is 0 Å². The molecule has 0 saturated carbocycles. The maximum absolute atomic E-state index is 12.7. The zero-order chi connectivity index (χ0) is 40.2. The van der Waals surface area contributed by atoms with Crippen molar-refractivity contribution in [1.82, 2.24) is 0 Å². The van der Waals surface area contributed by atoms with Crippen LogP contribution in [0.4, 0.5) is 0 Å². The zero-order valence-electron chi connectivity index (χ0n) is 33.9. The number of hydrogen-bond donors (Lipinski definition) is 4. The molecule has 0 aromatic rings. The minimum Gasteiger partial charge on any atom is -0.462 e. The predicted octanol–water partition coefficient (Wildman–Crippen LogP) is 8.44. The van der Waals surface area contributed by atoms with Crippen LogP contribution < -0.4 is 0 Å². The molecular formula is C45H74O10. The highest BCUT2D eigenvalue weighted by Gasteiger charge is 2.44. The van der Waals surface area contributed by atoms with Crippen molar-refractivity contribution in [2.45, 2.75) is 179 Å². The summed E-state index contributed by atoms with van der Waals surface area (Å²) in [6, 6.07) is 0. The average Bonchev–Trinajstić information content (AvgIpc) is 3.18. The highest BCUT2D eigenvalue weighted by molar-refractivity contribution is 5.70. The maximum atomic E-state index is 12.7. The van der Waals surface area contributed by atoms with Crippen LogP contribution in [-0.2, 0) is 28.5 Å². The van der Waals surface area contributed by atoms with Crippen molar-refractivity contribution >= 4 is 11.9 Å². The van der Waals surface area contributed by atoms with E-state index in [9.17, 15) is 30.0 Å². The van der Waals surface area contributed by atoms with Crippen LogP contribution in [0.1, 0.15) is 142 Å². The Morgan fingerprint density at radius 3 is 1.53 bits per heavy atom. The van der Waals surface area contributed by atoms with Gasteiger partial charge >= 0.3 is 11.9 Å². The molecule has 0 bridgehead atoms. The third-order valence-corrected chi connectivity index (χ3v) is 9.09. The molecule has 1 aliphatic rings. The summed E-state index contributed by atoms with van der Waals surface area (Å²) in [6.07, 6.45) is 36.2. The molecule has 1 heterocycles. The largest absolute Gasteiger partial charge is 0.462 e. The van der Waals surface area contributed by atoms with Gasteiger partial charge in [0.25, 0.3) is 0 Å². The van der Waals surface area contributed by atoms with E-state index in [1.165, 1.54) is 0 Å². The number of carbonyl (C=O) groups is 2. The Bertz CT molecular complexity index is 1120. The Morgan fingerprint density at radius 2 is 1.02 bits per heavy atom. The topological polar surface area (TPSA) is 152 Å². The molecule has 1 aliphatic heterocycles. The number of aliphatic hydroxyl groups excluding tert-OH is 4. The summed E-state index contributed by atoms with van der Waals surface area (Å²) >= 11 is 0. The van der Waals surface area contributed by atoms with Gasteiger partial charge in [-0.2, -0.15) is 0 Å². The van der Waals surface area contributed by atoms with Crippen molar-refractivity contribution in [3.05, 3.63) is 72.9 Å². The summed E-state index contributed by atoms with van der Waals surface area (Å²) in [7, 11) is 0. The molecule has 10 nitrogen and oxygen atoms in total. The first-order valence-corrected chi connectivity index (χ1v) is 21.0. The quantitative estimate of drug-likeness (QED) is 0.0291. The minimum atomic E-state index is -1.60. The summed E-state index contributed by atoms with van der Waals surface area (Å²) in [4.78, 5) is 25.3. The van der Waals surface area contributed by atoms with Crippen molar-refractivity contribution in [3.8, 4) is 0 Å². The summed E-state index contributed by atoms with van der Waals surface area (Å²) in [5.41, 5.74) is 0. The molecule has 10 heteroatoms. The smallest absolute Gasteiger partial charge is 0.306 e. The summed E-state index contributed by atoms with van der Waals surface area (Å²) in [6.45, 7) is 3.14.